The Morgan fingerprint density at radius 1 is 0.545 bits per heavy atom. The smallest absolute Gasteiger partial charge is 0.0905 e. The molecule has 0 aromatic heterocycles. The fourth-order valence-corrected chi connectivity index (χ4v) is 8.80. The van der Waals surface area contributed by atoms with Gasteiger partial charge in [0.1, 0.15) is 0 Å². The summed E-state index contributed by atoms with van der Waals surface area (Å²) in [6.45, 7) is 3.12. The van der Waals surface area contributed by atoms with Crippen LogP contribution in [0.1, 0.15) is 0 Å². The van der Waals surface area contributed by atoms with Crippen LogP contribution in [0.3, 0.4) is 0 Å². The number of hydrogen-bond acceptors (Lipinski definition) is 1. The Morgan fingerprint density at radius 2 is 0.758 bits per heavy atom. The molecule has 0 heterocycles. The second kappa shape index (κ2) is 15.5. The Labute approximate surface area is 215 Å². The van der Waals surface area contributed by atoms with Gasteiger partial charge >= 0.3 is 0 Å². The molecule has 0 amide bonds. The van der Waals surface area contributed by atoms with Gasteiger partial charge in [0.25, 0.3) is 0 Å². The molecule has 0 saturated carbocycles. The Morgan fingerprint density at radius 3 is 0.939 bits per heavy atom. The number of nitrogens with zero attached hydrogens (tertiary/aromatic N) is 1. The first-order chi connectivity index (χ1) is 15.8. The molecule has 0 saturated heterocycles. The molecule has 0 N–H and O–H groups in total. The van der Waals surface area contributed by atoms with Crippen molar-refractivity contribution >= 4 is 37.1 Å². The molecule has 0 unspecified atom stereocenters. The summed E-state index contributed by atoms with van der Waals surface area (Å²) in [4.78, 5) is 0. The van der Waals surface area contributed by atoms with E-state index in [1.54, 1.807) is 6.07 Å². The van der Waals surface area contributed by atoms with Crippen molar-refractivity contribution in [1.29, 1.82) is 5.26 Å². The van der Waals surface area contributed by atoms with E-state index in [1.807, 2.05) is 0 Å². The summed E-state index contributed by atoms with van der Waals surface area (Å²) in [5.74, 6) is 0. The third-order valence-electron chi connectivity index (χ3n) is 4.91. The maximum Gasteiger partial charge on any atom is 0.0905 e. The molecule has 0 aliphatic carbocycles. The van der Waals surface area contributed by atoms with Crippen LogP contribution in [0.15, 0.2) is 134 Å². The second-order valence-electron chi connectivity index (χ2n) is 6.98. The topological polar surface area (TPSA) is 23.8 Å². The van der Waals surface area contributed by atoms with Crippen LogP contribution >= 0.6 is 15.8 Å². The van der Waals surface area contributed by atoms with E-state index >= 15 is 0 Å². The Hall–Kier alpha value is -2.34. The van der Waals surface area contributed by atoms with E-state index in [2.05, 4.69) is 128 Å². The molecule has 0 bridgehead atoms. The number of rotatable bonds is 7. The molecule has 4 heteroatoms. The Kier molecular flexibility index (Phi) is 12.6. The summed E-state index contributed by atoms with van der Waals surface area (Å²) in [7, 11) is -0.696. The minimum Gasteiger partial charge on any atom is -0.193 e. The molecule has 0 spiro atoms. The summed E-state index contributed by atoms with van der Waals surface area (Å²) in [6, 6.07) is 45.9. The maximum absolute atomic E-state index is 7.51. The second-order valence-corrected chi connectivity index (χ2v) is 11.7. The SMILES string of the molecule is C=CC#N.[Pt].c1ccc(P(CCP(c2ccccc2)c2ccccc2)c2ccccc2)cc1. The zero-order valence-electron chi connectivity index (χ0n) is 18.4. The van der Waals surface area contributed by atoms with Crippen LogP contribution in [-0.2, 0) is 21.1 Å². The fraction of sp³-hybridized carbons (Fsp3) is 0.0690. The number of nitriles is 1. The Balaban J connectivity index is 0.000000714. The number of hydrogen-bond donors (Lipinski definition) is 0. The third-order valence-corrected chi connectivity index (χ3v) is 10.3. The molecule has 1 nitrogen and oxygen atoms in total. The van der Waals surface area contributed by atoms with Gasteiger partial charge in [-0.3, -0.25) is 0 Å². The van der Waals surface area contributed by atoms with E-state index in [0.29, 0.717) is 0 Å². The van der Waals surface area contributed by atoms with E-state index in [0.717, 1.165) is 0 Å². The van der Waals surface area contributed by atoms with Crippen LogP contribution in [-0.4, -0.2) is 12.3 Å². The van der Waals surface area contributed by atoms with Crippen molar-refractivity contribution in [3.63, 3.8) is 0 Å². The molecule has 0 atom stereocenters. The van der Waals surface area contributed by atoms with Crippen molar-refractivity contribution < 1.29 is 21.1 Å². The van der Waals surface area contributed by atoms with E-state index in [9.17, 15) is 0 Å². The number of benzene rings is 4. The van der Waals surface area contributed by atoms with Gasteiger partial charge < -0.3 is 0 Å². The molecule has 4 aromatic rings. The molecule has 4 rings (SSSR count). The maximum atomic E-state index is 7.51. The molecule has 0 aliphatic rings. The fourth-order valence-electron chi connectivity index (χ4n) is 3.45. The van der Waals surface area contributed by atoms with Crippen molar-refractivity contribution in [3.8, 4) is 6.07 Å². The molecule has 0 aliphatic heterocycles. The summed E-state index contributed by atoms with van der Waals surface area (Å²) < 4.78 is 0. The van der Waals surface area contributed by atoms with Gasteiger partial charge in [-0.15, -0.1) is 0 Å². The van der Waals surface area contributed by atoms with Crippen LogP contribution < -0.4 is 21.2 Å². The van der Waals surface area contributed by atoms with Crippen LogP contribution in [0.5, 0.6) is 0 Å². The first kappa shape index (κ1) is 26.9. The largest absolute Gasteiger partial charge is 0.193 e. The van der Waals surface area contributed by atoms with Crippen molar-refractivity contribution in [2.45, 2.75) is 0 Å². The van der Waals surface area contributed by atoms with Gasteiger partial charge in [-0.1, -0.05) is 128 Å². The van der Waals surface area contributed by atoms with Gasteiger partial charge in [0.15, 0.2) is 0 Å². The van der Waals surface area contributed by atoms with Gasteiger partial charge in [0, 0.05) is 27.1 Å². The van der Waals surface area contributed by atoms with E-state index < -0.39 is 0 Å². The van der Waals surface area contributed by atoms with Gasteiger partial charge in [-0.2, -0.15) is 5.26 Å². The molecule has 0 fully saturated rings. The molecule has 4 aromatic carbocycles. The zero-order valence-corrected chi connectivity index (χ0v) is 22.5. The minimum atomic E-state index is -0.348. The minimum absolute atomic E-state index is 0. The van der Waals surface area contributed by atoms with Gasteiger partial charge in [0.2, 0.25) is 0 Å². The molecular weight excluding hydrogens is 619 g/mol. The van der Waals surface area contributed by atoms with Crippen LogP contribution in [0.4, 0.5) is 0 Å². The Bertz CT molecular complexity index is 936. The average Bonchev–Trinajstić information content (AvgIpc) is 2.89. The first-order valence-corrected chi connectivity index (χ1v) is 13.6. The van der Waals surface area contributed by atoms with Gasteiger partial charge in [0.05, 0.1) is 6.07 Å². The van der Waals surface area contributed by atoms with E-state index in [4.69, 9.17) is 5.26 Å². The molecule has 33 heavy (non-hydrogen) atoms. The van der Waals surface area contributed by atoms with Crippen molar-refractivity contribution in [2.24, 2.45) is 0 Å². The summed E-state index contributed by atoms with van der Waals surface area (Å²) in [6.07, 6.45) is 3.59. The van der Waals surface area contributed by atoms with Crippen molar-refractivity contribution in [2.75, 3.05) is 12.3 Å². The van der Waals surface area contributed by atoms with E-state index in [1.165, 1.54) is 39.6 Å². The summed E-state index contributed by atoms with van der Waals surface area (Å²) >= 11 is 0. The monoisotopic (exact) mass is 646 g/mol. The first-order valence-electron chi connectivity index (χ1n) is 10.6. The molecule has 168 valence electrons. The molecular formula is C29H27NP2Pt. The normalized spacial score (nSPS) is 9.85. The predicted molar refractivity (Wildman–Crippen MR) is 144 cm³/mol. The van der Waals surface area contributed by atoms with Crippen molar-refractivity contribution in [1.82, 2.24) is 0 Å². The third kappa shape index (κ3) is 8.50. The summed E-state index contributed by atoms with van der Waals surface area (Å²) in [5.41, 5.74) is 0. The van der Waals surface area contributed by atoms with Crippen LogP contribution in [0, 0.1) is 11.3 Å². The van der Waals surface area contributed by atoms with Gasteiger partial charge in [-0.25, -0.2) is 0 Å². The average molecular weight is 647 g/mol. The van der Waals surface area contributed by atoms with E-state index in [-0.39, 0.29) is 36.9 Å². The summed E-state index contributed by atoms with van der Waals surface area (Å²) in [5, 5.41) is 13.4. The molecule has 0 radical (unpaired) electrons. The van der Waals surface area contributed by atoms with Crippen LogP contribution in [0.2, 0.25) is 0 Å². The van der Waals surface area contributed by atoms with Gasteiger partial charge in [-0.05, 0) is 49.4 Å². The van der Waals surface area contributed by atoms with Crippen molar-refractivity contribution in [3.05, 3.63) is 134 Å². The predicted octanol–water partition coefficient (Wildman–Crippen LogP) is 5.95. The van der Waals surface area contributed by atoms with Crippen LogP contribution in [0.25, 0.3) is 0 Å². The zero-order chi connectivity index (χ0) is 22.4. The number of allylic oxidation sites excluding steroid dienone is 1. The quantitative estimate of drug-likeness (QED) is 0.180. The standard InChI is InChI=1S/C26H24P2.C3H3N.Pt/c1-5-13-23(14-6-1)27(24-15-7-2-8-16-24)21-22-28(25-17-9-3-10-18-25)26-19-11-4-12-20-26;1-2-3-4;/h1-20H,21-22H2;2H,1H2;.